The number of hydrogen-bond acceptors (Lipinski definition) is 9. The summed E-state index contributed by atoms with van der Waals surface area (Å²) >= 11 is 0. The first kappa shape index (κ1) is 24.4. The lowest BCUT2D eigenvalue weighted by Gasteiger charge is -2.17. The summed E-state index contributed by atoms with van der Waals surface area (Å²) in [6.07, 6.45) is -0.955. The summed E-state index contributed by atoms with van der Waals surface area (Å²) in [6, 6.07) is 0. The molecule has 0 unspecified atom stereocenters. The molecule has 0 aliphatic carbocycles. The van der Waals surface area contributed by atoms with Crippen molar-refractivity contribution in [1.82, 2.24) is 0 Å². The third kappa shape index (κ3) is 10.9. The standard InChI is InChI=1S/C14H28O9P2/c1-5-19-24(17,20-6-2)11-9-13(15)23-14(16)10-12-25(18,21-7-3)22-8-4/h5-12H2,1-4H3. The van der Waals surface area contributed by atoms with Gasteiger partial charge < -0.3 is 22.8 Å². The van der Waals surface area contributed by atoms with Crippen molar-refractivity contribution >= 4 is 27.1 Å². The smallest absolute Gasteiger partial charge is 0.331 e. The van der Waals surface area contributed by atoms with Crippen LogP contribution in [0.5, 0.6) is 0 Å². The topological polar surface area (TPSA) is 114 Å². The van der Waals surface area contributed by atoms with Gasteiger partial charge in [-0.2, -0.15) is 0 Å². The van der Waals surface area contributed by atoms with Gasteiger partial charge in [0.15, 0.2) is 0 Å². The van der Waals surface area contributed by atoms with Crippen molar-refractivity contribution in [3.05, 3.63) is 0 Å². The maximum absolute atomic E-state index is 12.2. The van der Waals surface area contributed by atoms with Gasteiger partial charge >= 0.3 is 27.1 Å². The molecule has 0 N–H and O–H groups in total. The van der Waals surface area contributed by atoms with E-state index in [-0.39, 0.29) is 51.6 Å². The van der Waals surface area contributed by atoms with E-state index in [1.54, 1.807) is 27.7 Å². The van der Waals surface area contributed by atoms with E-state index in [0.717, 1.165) is 0 Å². The first-order valence-corrected chi connectivity index (χ1v) is 11.7. The first-order chi connectivity index (χ1) is 11.7. The third-order valence-electron chi connectivity index (χ3n) is 2.71. The van der Waals surface area contributed by atoms with Gasteiger partial charge in [0.05, 0.1) is 51.6 Å². The molecule has 0 saturated heterocycles. The highest BCUT2D eigenvalue weighted by Crippen LogP contribution is 2.49. The van der Waals surface area contributed by atoms with Crippen molar-refractivity contribution in [3.8, 4) is 0 Å². The summed E-state index contributed by atoms with van der Waals surface area (Å²) < 4.78 is 49.2. The minimum Gasteiger partial charge on any atom is -0.393 e. The van der Waals surface area contributed by atoms with Gasteiger partial charge in [-0.1, -0.05) is 0 Å². The predicted molar refractivity (Wildman–Crippen MR) is 91.8 cm³/mol. The predicted octanol–water partition coefficient (Wildman–Crippen LogP) is 3.37. The van der Waals surface area contributed by atoms with Crippen molar-refractivity contribution in [3.63, 3.8) is 0 Å². The molecule has 0 bridgehead atoms. The van der Waals surface area contributed by atoms with Crippen LogP contribution in [-0.2, 0) is 41.6 Å². The molecule has 148 valence electrons. The Balaban J connectivity index is 4.39. The fourth-order valence-electron chi connectivity index (χ4n) is 1.80. The highest BCUT2D eigenvalue weighted by Gasteiger charge is 2.28. The minimum atomic E-state index is -3.37. The second-order valence-corrected chi connectivity index (χ2v) is 9.06. The highest BCUT2D eigenvalue weighted by atomic mass is 31.2. The van der Waals surface area contributed by atoms with Crippen molar-refractivity contribution < 1.29 is 41.6 Å². The largest absolute Gasteiger partial charge is 0.393 e. The van der Waals surface area contributed by atoms with Crippen LogP contribution in [-0.4, -0.2) is 50.7 Å². The molecular weight excluding hydrogens is 374 g/mol. The van der Waals surface area contributed by atoms with Crippen LogP contribution >= 0.6 is 15.2 Å². The lowest BCUT2D eigenvalue weighted by Crippen LogP contribution is -2.16. The molecule has 0 saturated carbocycles. The molecule has 0 aliphatic rings. The molecule has 0 spiro atoms. The van der Waals surface area contributed by atoms with Crippen LogP contribution in [0.25, 0.3) is 0 Å². The summed E-state index contributed by atoms with van der Waals surface area (Å²) in [4.78, 5) is 23.4. The average Bonchev–Trinajstić information content (AvgIpc) is 2.52. The van der Waals surface area contributed by atoms with Crippen LogP contribution in [0.2, 0.25) is 0 Å². The summed E-state index contributed by atoms with van der Waals surface area (Å²) in [5, 5.41) is 0. The minimum absolute atomic E-state index is 0.176. The van der Waals surface area contributed by atoms with Crippen molar-refractivity contribution in [2.75, 3.05) is 38.8 Å². The number of rotatable bonds is 14. The molecule has 0 heterocycles. The SMILES string of the molecule is CCOP(=O)(CCC(=O)OC(=O)CCP(=O)(OCC)OCC)OCC. The molecule has 0 aromatic carbocycles. The van der Waals surface area contributed by atoms with Gasteiger partial charge in [0.1, 0.15) is 0 Å². The molecule has 0 aliphatic heterocycles. The first-order valence-electron chi connectivity index (χ1n) is 8.23. The fourth-order valence-corrected chi connectivity index (χ4v) is 4.96. The zero-order valence-corrected chi connectivity index (χ0v) is 17.0. The van der Waals surface area contributed by atoms with E-state index in [2.05, 4.69) is 4.74 Å². The van der Waals surface area contributed by atoms with Crippen LogP contribution in [0.3, 0.4) is 0 Å². The number of carbonyl (C=O) groups is 2. The Hall–Kier alpha value is -0.560. The van der Waals surface area contributed by atoms with E-state index in [1.165, 1.54) is 0 Å². The Bertz CT molecular complexity index is 443. The van der Waals surface area contributed by atoms with E-state index in [4.69, 9.17) is 18.1 Å². The zero-order valence-electron chi connectivity index (χ0n) is 15.2. The monoisotopic (exact) mass is 402 g/mol. The lowest BCUT2D eigenvalue weighted by atomic mass is 10.5. The van der Waals surface area contributed by atoms with Crippen LogP contribution in [0.4, 0.5) is 0 Å². The molecular formula is C14H28O9P2. The van der Waals surface area contributed by atoms with Gasteiger partial charge in [0, 0.05) is 0 Å². The van der Waals surface area contributed by atoms with E-state index in [0.29, 0.717) is 0 Å². The summed E-state index contributed by atoms with van der Waals surface area (Å²) in [7, 11) is -6.75. The summed E-state index contributed by atoms with van der Waals surface area (Å²) in [5.74, 6) is -1.71. The number of esters is 2. The Morgan fingerprint density at radius 3 is 1.16 bits per heavy atom. The van der Waals surface area contributed by atoms with Crippen LogP contribution in [0.15, 0.2) is 0 Å². The molecule has 0 aromatic rings. The van der Waals surface area contributed by atoms with E-state index in [1.807, 2.05) is 0 Å². The molecule has 0 atom stereocenters. The Labute approximate surface area is 148 Å². The zero-order chi connectivity index (χ0) is 19.3. The Morgan fingerprint density at radius 1 is 0.640 bits per heavy atom. The quantitative estimate of drug-likeness (QED) is 0.245. The van der Waals surface area contributed by atoms with E-state index >= 15 is 0 Å². The van der Waals surface area contributed by atoms with Crippen LogP contribution < -0.4 is 0 Å². The third-order valence-corrected chi connectivity index (χ3v) is 6.86. The summed E-state index contributed by atoms with van der Waals surface area (Å²) in [5.41, 5.74) is 0. The van der Waals surface area contributed by atoms with Crippen LogP contribution in [0.1, 0.15) is 40.5 Å². The van der Waals surface area contributed by atoms with Crippen LogP contribution in [0, 0.1) is 0 Å². The molecule has 9 nitrogen and oxygen atoms in total. The Kier molecular flexibility index (Phi) is 12.5. The van der Waals surface area contributed by atoms with Gasteiger partial charge in [-0.05, 0) is 27.7 Å². The Morgan fingerprint density at radius 2 is 0.920 bits per heavy atom. The molecule has 0 radical (unpaired) electrons. The highest BCUT2D eigenvalue weighted by molar-refractivity contribution is 7.54. The molecule has 0 aromatic heterocycles. The van der Waals surface area contributed by atoms with Crippen molar-refractivity contribution in [2.45, 2.75) is 40.5 Å². The van der Waals surface area contributed by atoms with Gasteiger partial charge in [-0.3, -0.25) is 18.7 Å². The average molecular weight is 402 g/mol. The number of hydrogen-bond donors (Lipinski definition) is 0. The van der Waals surface area contributed by atoms with Gasteiger partial charge in [0.25, 0.3) is 0 Å². The molecule has 11 heteroatoms. The molecule has 25 heavy (non-hydrogen) atoms. The van der Waals surface area contributed by atoms with Gasteiger partial charge in [0.2, 0.25) is 0 Å². The number of ether oxygens (including phenoxy) is 1. The van der Waals surface area contributed by atoms with E-state index in [9.17, 15) is 18.7 Å². The van der Waals surface area contributed by atoms with Gasteiger partial charge in [-0.15, -0.1) is 0 Å². The van der Waals surface area contributed by atoms with Gasteiger partial charge in [-0.25, -0.2) is 0 Å². The maximum atomic E-state index is 12.2. The molecule has 0 fully saturated rings. The van der Waals surface area contributed by atoms with E-state index < -0.39 is 27.1 Å². The normalized spacial score (nSPS) is 12.2. The molecule has 0 rings (SSSR count). The second-order valence-electron chi connectivity index (χ2n) is 4.69. The number of carbonyl (C=O) groups excluding carboxylic acids is 2. The second kappa shape index (κ2) is 12.7. The molecule has 0 amide bonds. The lowest BCUT2D eigenvalue weighted by molar-refractivity contribution is -0.159. The fraction of sp³-hybridized carbons (Fsp3) is 0.857. The summed E-state index contributed by atoms with van der Waals surface area (Å²) in [6.45, 7) is 7.33. The maximum Gasteiger partial charge on any atom is 0.331 e. The van der Waals surface area contributed by atoms with Crippen molar-refractivity contribution in [2.24, 2.45) is 0 Å². The van der Waals surface area contributed by atoms with Crippen molar-refractivity contribution in [1.29, 1.82) is 0 Å².